The molecule has 2 aromatic heterocycles. The number of imidazole rings is 1. The van der Waals surface area contributed by atoms with E-state index in [0.29, 0.717) is 11.5 Å². The van der Waals surface area contributed by atoms with Crippen LogP contribution in [0.3, 0.4) is 0 Å². The van der Waals surface area contributed by atoms with Crippen molar-refractivity contribution in [2.75, 3.05) is 19.0 Å². The number of ether oxygens (including phenoxy) is 1. The number of H-pyrrole nitrogens is 1. The van der Waals surface area contributed by atoms with Crippen molar-refractivity contribution in [2.45, 2.75) is 6.61 Å². The molecule has 7 heteroatoms. The van der Waals surface area contributed by atoms with Crippen LogP contribution in [0, 0.1) is 0 Å². The molecule has 17 heavy (non-hydrogen) atoms. The molecule has 0 radical (unpaired) electrons. The predicted molar refractivity (Wildman–Crippen MR) is 60.7 cm³/mol. The zero-order valence-corrected chi connectivity index (χ0v) is 9.23. The van der Waals surface area contributed by atoms with Crippen molar-refractivity contribution >= 4 is 23.0 Å². The summed E-state index contributed by atoms with van der Waals surface area (Å²) < 4.78 is 4.93. The van der Waals surface area contributed by atoms with Gasteiger partial charge in [-0.05, 0) is 12.1 Å². The summed E-state index contributed by atoms with van der Waals surface area (Å²) in [5, 5.41) is 11.3. The Bertz CT molecular complexity index is 537. The minimum atomic E-state index is -1.00. The van der Waals surface area contributed by atoms with E-state index in [9.17, 15) is 4.79 Å². The number of hydrogen-bond donors (Lipinski definition) is 3. The van der Waals surface area contributed by atoms with E-state index in [1.54, 1.807) is 7.05 Å². The summed E-state index contributed by atoms with van der Waals surface area (Å²) >= 11 is 0. The van der Waals surface area contributed by atoms with Gasteiger partial charge in [0.15, 0.2) is 5.65 Å². The Kier molecular flexibility index (Phi) is 3.20. The lowest BCUT2D eigenvalue weighted by molar-refractivity contribution is -0.142. The van der Waals surface area contributed by atoms with Crippen LogP contribution in [-0.2, 0) is 16.1 Å². The third-order valence-corrected chi connectivity index (χ3v) is 2.12. The molecule has 90 valence electrons. The third kappa shape index (κ3) is 2.70. The number of aliphatic carboxylic acids is 1. The Balaban J connectivity index is 2.11. The SMILES string of the molecule is CNc1ccc2[nH]c(COCC(=O)O)nc2n1. The van der Waals surface area contributed by atoms with Crippen molar-refractivity contribution in [2.24, 2.45) is 0 Å². The van der Waals surface area contributed by atoms with Crippen LogP contribution in [0.4, 0.5) is 5.82 Å². The summed E-state index contributed by atoms with van der Waals surface area (Å²) in [4.78, 5) is 21.7. The summed E-state index contributed by atoms with van der Waals surface area (Å²) in [7, 11) is 1.78. The number of nitrogens with one attached hydrogen (secondary N) is 2. The van der Waals surface area contributed by atoms with Crippen LogP contribution in [0.5, 0.6) is 0 Å². The number of carboxylic acids is 1. The van der Waals surface area contributed by atoms with E-state index in [1.807, 2.05) is 12.1 Å². The molecule has 0 spiro atoms. The van der Waals surface area contributed by atoms with Gasteiger partial charge in [0.1, 0.15) is 24.9 Å². The lowest BCUT2D eigenvalue weighted by atomic mass is 10.4. The van der Waals surface area contributed by atoms with Crippen molar-refractivity contribution in [1.82, 2.24) is 15.0 Å². The molecular formula is C10H12N4O3. The number of hydrogen-bond acceptors (Lipinski definition) is 5. The number of nitrogens with zero attached hydrogens (tertiary/aromatic N) is 2. The average molecular weight is 236 g/mol. The van der Waals surface area contributed by atoms with Crippen LogP contribution in [0.2, 0.25) is 0 Å². The molecule has 0 fully saturated rings. The Morgan fingerprint density at radius 2 is 2.35 bits per heavy atom. The molecule has 0 amide bonds. The van der Waals surface area contributed by atoms with Gasteiger partial charge in [0.05, 0.1) is 5.52 Å². The molecule has 2 heterocycles. The smallest absolute Gasteiger partial charge is 0.329 e. The summed E-state index contributed by atoms with van der Waals surface area (Å²) in [6.45, 7) is -0.218. The van der Waals surface area contributed by atoms with Crippen LogP contribution >= 0.6 is 0 Å². The highest BCUT2D eigenvalue weighted by Gasteiger charge is 2.05. The highest BCUT2D eigenvalue weighted by Crippen LogP contribution is 2.12. The Hall–Kier alpha value is -2.15. The highest BCUT2D eigenvalue weighted by atomic mass is 16.5. The second-order valence-corrected chi connectivity index (χ2v) is 3.39. The fraction of sp³-hybridized carbons (Fsp3) is 0.300. The summed E-state index contributed by atoms with van der Waals surface area (Å²) in [5.74, 6) is 0.278. The van der Waals surface area contributed by atoms with E-state index in [-0.39, 0.29) is 13.2 Å². The molecule has 2 aromatic rings. The van der Waals surface area contributed by atoms with Gasteiger partial charge >= 0.3 is 5.97 Å². The van der Waals surface area contributed by atoms with Gasteiger partial charge in [-0.25, -0.2) is 14.8 Å². The first kappa shape index (κ1) is 11.3. The van der Waals surface area contributed by atoms with Crippen LogP contribution < -0.4 is 5.32 Å². The largest absolute Gasteiger partial charge is 0.480 e. The number of aromatic amines is 1. The molecule has 2 rings (SSSR count). The number of carbonyl (C=O) groups is 1. The zero-order chi connectivity index (χ0) is 12.3. The molecule has 7 nitrogen and oxygen atoms in total. The van der Waals surface area contributed by atoms with Gasteiger partial charge in [-0.15, -0.1) is 0 Å². The van der Waals surface area contributed by atoms with Crippen LogP contribution in [0.25, 0.3) is 11.2 Å². The number of fused-ring (bicyclic) bond motifs is 1. The van der Waals surface area contributed by atoms with Crippen molar-refractivity contribution in [1.29, 1.82) is 0 Å². The van der Waals surface area contributed by atoms with Gasteiger partial charge in [-0.2, -0.15) is 0 Å². The van der Waals surface area contributed by atoms with Crippen LogP contribution in [-0.4, -0.2) is 39.7 Å². The molecule has 0 saturated heterocycles. The zero-order valence-electron chi connectivity index (χ0n) is 9.23. The number of rotatable bonds is 5. The second kappa shape index (κ2) is 4.79. The molecule has 0 saturated carbocycles. The molecule has 0 aliphatic rings. The van der Waals surface area contributed by atoms with Crippen molar-refractivity contribution < 1.29 is 14.6 Å². The van der Waals surface area contributed by atoms with E-state index in [4.69, 9.17) is 9.84 Å². The predicted octanol–water partition coefficient (Wildman–Crippen LogP) is 0.601. The Morgan fingerprint density at radius 3 is 3.06 bits per heavy atom. The molecule has 0 aliphatic heterocycles. The first-order valence-corrected chi connectivity index (χ1v) is 5.02. The molecular weight excluding hydrogens is 224 g/mol. The second-order valence-electron chi connectivity index (χ2n) is 3.39. The molecule has 0 atom stereocenters. The van der Waals surface area contributed by atoms with Gasteiger partial charge < -0.3 is 20.1 Å². The van der Waals surface area contributed by atoms with Crippen molar-refractivity contribution in [3.05, 3.63) is 18.0 Å². The minimum Gasteiger partial charge on any atom is -0.480 e. The van der Waals surface area contributed by atoms with Gasteiger partial charge in [0, 0.05) is 7.05 Å². The van der Waals surface area contributed by atoms with Crippen molar-refractivity contribution in [3.8, 4) is 0 Å². The lowest BCUT2D eigenvalue weighted by Crippen LogP contribution is -2.07. The lowest BCUT2D eigenvalue weighted by Gasteiger charge is -1.95. The monoisotopic (exact) mass is 236 g/mol. The Morgan fingerprint density at radius 1 is 1.53 bits per heavy atom. The normalized spacial score (nSPS) is 10.6. The fourth-order valence-corrected chi connectivity index (χ4v) is 1.39. The molecule has 0 aliphatic carbocycles. The van der Waals surface area contributed by atoms with Gasteiger partial charge in [0.2, 0.25) is 0 Å². The number of pyridine rings is 1. The molecule has 3 N–H and O–H groups in total. The van der Waals surface area contributed by atoms with Crippen LogP contribution in [0.1, 0.15) is 5.82 Å². The van der Waals surface area contributed by atoms with Gasteiger partial charge in [-0.3, -0.25) is 0 Å². The number of carboxylic acid groups (broad SMARTS) is 1. The van der Waals surface area contributed by atoms with E-state index in [2.05, 4.69) is 20.3 Å². The maximum Gasteiger partial charge on any atom is 0.329 e. The van der Waals surface area contributed by atoms with E-state index < -0.39 is 5.97 Å². The van der Waals surface area contributed by atoms with Gasteiger partial charge in [-0.1, -0.05) is 0 Å². The average Bonchev–Trinajstić information content (AvgIpc) is 2.69. The molecule has 0 aromatic carbocycles. The van der Waals surface area contributed by atoms with E-state index in [0.717, 1.165) is 11.3 Å². The molecule has 0 bridgehead atoms. The topological polar surface area (TPSA) is 100 Å². The summed E-state index contributed by atoms with van der Waals surface area (Å²) in [5.41, 5.74) is 1.36. The summed E-state index contributed by atoms with van der Waals surface area (Å²) in [6.07, 6.45) is 0. The minimum absolute atomic E-state index is 0.123. The van der Waals surface area contributed by atoms with Crippen molar-refractivity contribution in [3.63, 3.8) is 0 Å². The van der Waals surface area contributed by atoms with E-state index >= 15 is 0 Å². The first-order chi connectivity index (χ1) is 8.19. The maximum absolute atomic E-state index is 10.3. The summed E-state index contributed by atoms with van der Waals surface area (Å²) in [6, 6.07) is 3.67. The standard InChI is InChI=1S/C10H12N4O3/c1-11-7-3-2-6-10(13-7)14-8(12-6)4-17-5-9(15)16/h2-3H,4-5H2,1H3,(H,15,16)(H2,11,12,13,14). The quantitative estimate of drug-likeness (QED) is 0.703. The third-order valence-electron chi connectivity index (χ3n) is 2.12. The number of aromatic nitrogens is 3. The first-order valence-electron chi connectivity index (χ1n) is 5.02. The molecule has 0 unspecified atom stereocenters. The van der Waals surface area contributed by atoms with Gasteiger partial charge in [0.25, 0.3) is 0 Å². The fourth-order valence-electron chi connectivity index (χ4n) is 1.39. The highest BCUT2D eigenvalue weighted by molar-refractivity contribution is 5.72. The Labute approximate surface area is 96.8 Å². The number of anilines is 1. The van der Waals surface area contributed by atoms with E-state index in [1.165, 1.54) is 0 Å². The maximum atomic E-state index is 10.3. The van der Waals surface area contributed by atoms with Crippen LogP contribution in [0.15, 0.2) is 12.1 Å².